The predicted molar refractivity (Wildman–Crippen MR) is 239 cm³/mol. The molecule has 0 saturated heterocycles. The van der Waals surface area contributed by atoms with Crippen LogP contribution in [0.1, 0.15) is 46.0 Å². The molecule has 25 heteroatoms. The maximum Gasteiger partial charge on any atom is 0.322 e. The van der Waals surface area contributed by atoms with Crippen molar-refractivity contribution in [1.82, 2.24) is 31.5 Å². The van der Waals surface area contributed by atoms with Gasteiger partial charge in [0.2, 0.25) is 29.5 Å². The fourth-order valence-corrected chi connectivity index (χ4v) is 5.50. The number of hydrogen-bond donors (Lipinski definition) is 6. The zero-order valence-corrected chi connectivity index (χ0v) is 39.7. The van der Waals surface area contributed by atoms with E-state index in [1.807, 2.05) is 0 Å². The van der Waals surface area contributed by atoms with Crippen molar-refractivity contribution < 1.29 is 90.8 Å². The van der Waals surface area contributed by atoms with Gasteiger partial charge >= 0.3 is 5.97 Å². The Bertz CT molecular complexity index is 1470. The summed E-state index contributed by atoms with van der Waals surface area (Å²) >= 11 is 0. The van der Waals surface area contributed by atoms with E-state index in [-0.39, 0.29) is 58.1 Å². The fraction of sp³-hybridized carbons (Fsp3) is 0.767. The zero-order valence-electron chi connectivity index (χ0n) is 39.7. The number of nitrogens with one attached hydrogen (secondary N) is 5. The molecule has 0 spiro atoms. The van der Waals surface area contributed by atoms with Crippen LogP contribution in [0.15, 0.2) is 12.2 Å². The number of imide groups is 1. The first-order valence-corrected chi connectivity index (χ1v) is 22.7. The fourth-order valence-electron chi connectivity index (χ4n) is 5.50. The third-order valence-electron chi connectivity index (χ3n) is 9.14. The molecule has 1 aliphatic heterocycles. The van der Waals surface area contributed by atoms with Gasteiger partial charge in [0.15, 0.2) is 0 Å². The zero-order chi connectivity index (χ0) is 50.0. The molecule has 0 saturated carbocycles. The van der Waals surface area contributed by atoms with Crippen LogP contribution in [-0.4, -0.2) is 228 Å². The minimum Gasteiger partial charge on any atom is -0.480 e. The molecule has 0 aromatic heterocycles. The summed E-state index contributed by atoms with van der Waals surface area (Å²) in [5, 5.41) is 21.1. The van der Waals surface area contributed by atoms with Gasteiger partial charge in [0.25, 0.3) is 11.8 Å². The second kappa shape index (κ2) is 41.3. The van der Waals surface area contributed by atoms with E-state index in [9.17, 15) is 38.4 Å². The first-order chi connectivity index (χ1) is 32.8. The number of ether oxygens (including phenoxy) is 10. The van der Waals surface area contributed by atoms with Gasteiger partial charge in [-0.1, -0.05) is 0 Å². The number of carbonyl (C=O) groups is 8. The standard InChI is InChI=1S/C43H74N6O19/c1-33(41(56)45-31-40(54)55)46-42(57)34(2)47-43(58)35(48-36(50)8-6-12-49-38(52)9-10-39(49)53)7-4-5-11-44-37(51)32-68-30-29-67-28-27-66-26-25-65-24-23-64-22-21-63-20-19-62-18-17-61-16-15-60-14-13-59-3/h9-10,33-35H,4-8,11-32H2,1-3H3,(H,44,51)(H,45,56)(H,46,57)(H,47,58)(H,48,50)(H,54,55)/t33-,34-,35?/m0/s1. The van der Waals surface area contributed by atoms with Crippen molar-refractivity contribution in [3.05, 3.63) is 12.2 Å². The number of aliphatic carboxylic acids is 1. The van der Waals surface area contributed by atoms with Crippen LogP contribution in [0.5, 0.6) is 0 Å². The summed E-state index contributed by atoms with van der Waals surface area (Å²) in [4.78, 5) is 98.4. The van der Waals surface area contributed by atoms with Crippen molar-refractivity contribution in [2.75, 3.05) is 152 Å². The first kappa shape index (κ1) is 61.3. The molecule has 6 N–H and O–H groups in total. The van der Waals surface area contributed by atoms with E-state index in [1.165, 1.54) is 13.8 Å². The third-order valence-corrected chi connectivity index (χ3v) is 9.14. The molecule has 1 heterocycles. The topological polar surface area (TPSA) is 312 Å². The molecule has 0 aliphatic carbocycles. The van der Waals surface area contributed by atoms with Gasteiger partial charge in [0.1, 0.15) is 31.3 Å². The van der Waals surface area contributed by atoms with Crippen molar-refractivity contribution in [3.8, 4) is 0 Å². The summed E-state index contributed by atoms with van der Waals surface area (Å²) < 4.78 is 53.7. The van der Waals surface area contributed by atoms with Crippen LogP contribution in [0.25, 0.3) is 0 Å². The SMILES string of the molecule is COCCOCCOCCOCCOCCOCCOCCOCCOCCOCC(=O)NCCCCC(NC(=O)CCCN1C(=O)C=CC1=O)C(=O)N[C@@H](C)C(=O)N[C@@H](C)C(=O)NCC(=O)O. The van der Waals surface area contributed by atoms with E-state index in [4.69, 9.17) is 52.5 Å². The Kier molecular flexibility index (Phi) is 37.2. The summed E-state index contributed by atoms with van der Waals surface area (Å²) in [7, 11) is 1.63. The molecular formula is C43H74N6O19. The van der Waals surface area contributed by atoms with Crippen molar-refractivity contribution in [3.63, 3.8) is 0 Å². The second-order valence-corrected chi connectivity index (χ2v) is 14.7. The Labute approximate surface area is 397 Å². The lowest BCUT2D eigenvalue weighted by atomic mass is 10.1. The van der Waals surface area contributed by atoms with Crippen molar-refractivity contribution in [2.45, 2.75) is 64.1 Å². The second-order valence-electron chi connectivity index (χ2n) is 14.7. The summed E-state index contributed by atoms with van der Waals surface area (Å²) in [5.41, 5.74) is 0. The van der Waals surface area contributed by atoms with E-state index in [1.54, 1.807) is 7.11 Å². The maximum absolute atomic E-state index is 13.2. The number of carboxylic acids is 1. The van der Waals surface area contributed by atoms with Gasteiger partial charge in [-0.25, -0.2) is 0 Å². The minimum atomic E-state index is -1.26. The molecule has 7 amide bonds. The predicted octanol–water partition coefficient (Wildman–Crippen LogP) is -2.53. The first-order valence-electron chi connectivity index (χ1n) is 22.7. The number of carbonyl (C=O) groups excluding carboxylic acids is 7. The van der Waals surface area contributed by atoms with E-state index in [0.29, 0.717) is 119 Å². The highest BCUT2D eigenvalue weighted by Gasteiger charge is 2.27. The van der Waals surface area contributed by atoms with Crippen LogP contribution in [0, 0.1) is 0 Å². The van der Waals surface area contributed by atoms with Crippen molar-refractivity contribution in [2.24, 2.45) is 0 Å². The summed E-state index contributed by atoms with van der Waals surface area (Å²) in [6.07, 6.45) is 3.24. The lowest BCUT2D eigenvalue weighted by Crippen LogP contribution is -2.55. The highest BCUT2D eigenvalue weighted by molar-refractivity contribution is 6.12. The van der Waals surface area contributed by atoms with Crippen LogP contribution >= 0.6 is 0 Å². The maximum atomic E-state index is 13.2. The average molecular weight is 979 g/mol. The number of amides is 7. The Balaban J connectivity index is 2.15. The third kappa shape index (κ3) is 33.7. The Morgan fingerprint density at radius 2 is 0.956 bits per heavy atom. The molecule has 1 aliphatic rings. The van der Waals surface area contributed by atoms with Crippen LogP contribution in [-0.2, 0) is 85.7 Å². The number of methoxy groups -OCH3 is 1. The Morgan fingerprint density at radius 1 is 0.529 bits per heavy atom. The van der Waals surface area contributed by atoms with Gasteiger partial charge < -0.3 is 79.1 Å². The lowest BCUT2D eigenvalue weighted by Gasteiger charge is -2.22. The smallest absolute Gasteiger partial charge is 0.322 e. The number of carboxylic acid groups (broad SMARTS) is 1. The molecular weight excluding hydrogens is 904 g/mol. The van der Waals surface area contributed by atoms with Crippen molar-refractivity contribution >= 4 is 47.3 Å². The molecule has 1 unspecified atom stereocenters. The van der Waals surface area contributed by atoms with Gasteiger partial charge in [-0.15, -0.1) is 0 Å². The molecule has 25 nitrogen and oxygen atoms in total. The Morgan fingerprint density at radius 3 is 1.41 bits per heavy atom. The number of nitrogens with zero attached hydrogens (tertiary/aromatic N) is 1. The van der Waals surface area contributed by atoms with E-state index < -0.39 is 66.1 Å². The summed E-state index contributed by atoms with van der Waals surface area (Å²) in [6.45, 7) is 9.90. The van der Waals surface area contributed by atoms with Gasteiger partial charge in [0.05, 0.1) is 119 Å². The largest absolute Gasteiger partial charge is 0.480 e. The molecule has 0 radical (unpaired) electrons. The molecule has 0 bridgehead atoms. The average Bonchev–Trinajstić information content (AvgIpc) is 3.63. The van der Waals surface area contributed by atoms with Crippen LogP contribution < -0.4 is 26.6 Å². The molecule has 3 atom stereocenters. The van der Waals surface area contributed by atoms with Gasteiger partial charge in [-0.05, 0) is 39.5 Å². The van der Waals surface area contributed by atoms with Crippen molar-refractivity contribution in [1.29, 1.82) is 0 Å². The lowest BCUT2D eigenvalue weighted by molar-refractivity contribution is -0.139. The van der Waals surface area contributed by atoms with Crippen LogP contribution in [0.2, 0.25) is 0 Å². The van der Waals surface area contributed by atoms with E-state index in [2.05, 4.69) is 26.6 Å². The molecule has 0 aromatic rings. The molecule has 68 heavy (non-hydrogen) atoms. The highest BCUT2D eigenvalue weighted by atomic mass is 16.6. The van der Waals surface area contributed by atoms with Gasteiger partial charge in [-0.3, -0.25) is 43.3 Å². The number of hydrogen-bond acceptors (Lipinski definition) is 18. The van der Waals surface area contributed by atoms with E-state index >= 15 is 0 Å². The molecule has 0 aromatic carbocycles. The summed E-state index contributed by atoms with van der Waals surface area (Å²) in [5.74, 6) is -5.29. The van der Waals surface area contributed by atoms with Crippen LogP contribution in [0.3, 0.4) is 0 Å². The molecule has 1 rings (SSSR count). The van der Waals surface area contributed by atoms with Gasteiger partial charge in [0, 0.05) is 38.8 Å². The van der Waals surface area contributed by atoms with Gasteiger partial charge in [-0.2, -0.15) is 0 Å². The Hall–Kier alpha value is -4.70. The number of unbranched alkanes of at least 4 members (excludes halogenated alkanes) is 1. The summed E-state index contributed by atoms with van der Waals surface area (Å²) in [6, 6.07) is -3.34. The molecule has 390 valence electrons. The monoisotopic (exact) mass is 979 g/mol. The highest BCUT2D eigenvalue weighted by Crippen LogP contribution is 2.07. The normalized spacial score (nSPS) is 13.5. The molecule has 0 fully saturated rings. The quantitative estimate of drug-likeness (QED) is 0.0271. The minimum absolute atomic E-state index is 0.00803. The van der Waals surface area contributed by atoms with Crippen LogP contribution in [0.4, 0.5) is 0 Å². The van der Waals surface area contributed by atoms with E-state index in [0.717, 1.165) is 17.1 Å². The number of rotatable bonds is 46.